The summed E-state index contributed by atoms with van der Waals surface area (Å²) in [5, 5.41) is 6.61. The van der Waals surface area contributed by atoms with Crippen molar-refractivity contribution in [2.75, 3.05) is 17.8 Å². The number of carbonyl (C=O) groups is 1. The second-order valence-corrected chi connectivity index (χ2v) is 4.73. The van der Waals surface area contributed by atoms with Gasteiger partial charge >= 0.3 is 0 Å². The van der Waals surface area contributed by atoms with Crippen LogP contribution in [0, 0.1) is 0 Å². The maximum absolute atomic E-state index is 13.7. The summed E-state index contributed by atoms with van der Waals surface area (Å²) in [6.45, 7) is 0. The summed E-state index contributed by atoms with van der Waals surface area (Å²) < 4.78 is 13.7. The number of hydrogen-bond donors (Lipinski definition) is 1. The van der Waals surface area contributed by atoms with E-state index in [1.54, 1.807) is 13.1 Å². The normalized spacial score (nSPS) is 16.9. The number of nitrogens with one attached hydrogen (secondary N) is 1. The summed E-state index contributed by atoms with van der Waals surface area (Å²) in [6, 6.07) is 1.60. The van der Waals surface area contributed by atoms with Crippen LogP contribution in [0.25, 0.3) is 0 Å². The van der Waals surface area contributed by atoms with Crippen molar-refractivity contribution in [3.63, 3.8) is 0 Å². The Morgan fingerprint density at radius 2 is 2.41 bits per heavy atom. The molecule has 0 saturated heterocycles. The molecular weight excluding hydrogens is 245 g/mol. The van der Waals surface area contributed by atoms with Gasteiger partial charge in [0, 0.05) is 25.4 Å². The van der Waals surface area contributed by atoms with Gasteiger partial charge in [0.05, 0.1) is 5.69 Å². The number of aromatic nitrogens is 2. The first-order valence-electron chi connectivity index (χ1n) is 5.64. The molecule has 1 N–H and O–H groups in total. The fourth-order valence-corrected chi connectivity index (χ4v) is 1.74. The lowest BCUT2D eigenvalue weighted by Crippen LogP contribution is -2.26. The minimum Gasteiger partial charge on any atom is -0.298 e. The maximum atomic E-state index is 13.7. The number of halogens is 2. The van der Waals surface area contributed by atoms with E-state index < -0.39 is 5.67 Å². The summed E-state index contributed by atoms with van der Waals surface area (Å²) in [7, 11) is 1.63. The Morgan fingerprint density at radius 1 is 1.71 bits per heavy atom. The topological polar surface area (TPSA) is 49.0 Å². The van der Waals surface area contributed by atoms with Gasteiger partial charge in [0.15, 0.2) is 11.5 Å². The molecule has 0 spiro atoms. The van der Waals surface area contributed by atoms with Crippen LogP contribution in [0.3, 0.4) is 0 Å². The van der Waals surface area contributed by atoms with Crippen LogP contribution in [0.15, 0.2) is 6.07 Å². The van der Waals surface area contributed by atoms with Gasteiger partial charge in [-0.15, -0.1) is 11.6 Å². The number of hydrogen-bond acceptors (Lipinski definition) is 2. The highest BCUT2D eigenvalue weighted by Gasteiger charge is 2.46. The van der Waals surface area contributed by atoms with Gasteiger partial charge in [-0.25, -0.2) is 4.39 Å². The molecule has 94 valence electrons. The molecule has 4 nitrogen and oxygen atoms in total. The van der Waals surface area contributed by atoms with Gasteiger partial charge in [-0.3, -0.25) is 14.8 Å². The van der Waals surface area contributed by atoms with Crippen molar-refractivity contribution in [2.24, 2.45) is 0 Å². The third-order valence-electron chi connectivity index (χ3n) is 2.98. The largest absolute Gasteiger partial charge is 0.298 e. The Morgan fingerprint density at radius 3 is 3.00 bits per heavy atom. The lowest BCUT2D eigenvalue weighted by atomic mass is 10.2. The summed E-state index contributed by atoms with van der Waals surface area (Å²) >= 11 is 5.53. The van der Waals surface area contributed by atoms with E-state index in [9.17, 15) is 9.18 Å². The SMILES string of the molecule is CN(C(=O)CCCCl)c1cc(C2(F)CC2)[nH]n1. The molecule has 0 atom stereocenters. The van der Waals surface area contributed by atoms with Crippen molar-refractivity contribution < 1.29 is 9.18 Å². The highest BCUT2D eigenvalue weighted by molar-refractivity contribution is 6.18. The first kappa shape index (κ1) is 12.4. The van der Waals surface area contributed by atoms with Crippen molar-refractivity contribution in [2.45, 2.75) is 31.4 Å². The summed E-state index contributed by atoms with van der Waals surface area (Å²) in [5.74, 6) is 0.856. The van der Waals surface area contributed by atoms with E-state index in [4.69, 9.17) is 11.6 Å². The molecule has 0 aromatic carbocycles. The highest BCUT2D eigenvalue weighted by Crippen LogP contribution is 2.49. The molecule has 0 radical (unpaired) electrons. The lowest BCUT2D eigenvalue weighted by Gasteiger charge is -2.13. The fourth-order valence-electron chi connectivity index (χ4n) is 1.61. The zero-order valence-corrected chi connectivity index (χ0v) is 10.4. The molecular formula is C11H15ClFN3O. The van der Waals surface area contributed by atoms with Crippen molar-refractivity contribution in [3.05, 3.63) is 11.8 Å². The second kappa shape index (κ2) is 4.64. The first-order valence-corrected chi connectivity index (χ1v) is 6.17. The Hall–Kier alpha value is -1.10. The van der Waals surface area contributed by atoms with Gasteiger partial charge in [-0.05, 0) is 19.3 Å². The van der Waals surface area contributed by atoms with Crippen LogP contribution in [0.4, 0.5) is 10.2 Å². The minimum atomic E-state index is -1.24. The van der Waals surface area contributed by atoms with E-state index in [2.05, 4.69) is 10.2 Å². The molecule has 2 rings (SSSR count). The number of amides is 1. The molecule has 17 heavy (non-hydrogen) atoms. The Balaban J connectivity index is 2.01. The lowest BCUT2D eigenvalue weighted by molar-refractivity contribution is -0.118. The van der Waals surface area contributed by atoms with E-state index in [-0.39, 0.29) is 5.91 Å². The van der Waals surface area contributed by atoms with Crippen LogP contribution in [-0.2, 0) is 10.5 Å². The monoisotopic (exact) mass is 259 g/mol. The van der Waals surface area contributed by atoms with Crippen LogP contribution >= 0.6 is 11.6 Å². The number of rotatable bonds is 5. The average molecular weight is 260 g/mol. The molecule has 1 aromatic heterocycles. The van der Waals surface area contributed by atoms with Crippen LogP contribution in [-0.4, -0.2) is 29.0 Å². The van der Waals surface area contributed by atoms with Crippen molar-refractivity contribution >= 4 is 23.3 Å². The molecule has 1 heterocycles. The number of carbonyl (C=O) groups excluding carboxylic acids is 1. The van der Waals surface area contributed by atoms with Crippen LogP contribution in [0.1, 0.15) is 31.4 Å². The predicted octanol–water partition coefficient (Wildman–Crippen LogP) is 2.35. The van der Waals surface area contributed by atoms with Crippen LogP contribution in [0.5, 0.6) is 0 Å². The standard InChI is InChI=1S/C11H15ClFN3O/c1-16(10(17)3-2-6-12)9-7-8(14-15-9)11(13)4-5-11/h7H,2-6H2,1H3,(H,14,15). The molecule has 0 aliphatic heterocycles. The Bertz CT molecular complexity index is 417. The second-order valence-electron chi connectivity index (χ2n) is 4.35. The Kier molecular flexibility index (Phi) is 3.38. The van der Waals surface area contributed by atoms with Gasteiger partial charge in [0.2, 0.25) is 5.91 Å². The number of alkyl halides is 2. The summed E-state index contributed by atoms with van der Waals surface area (Å²) in [4.78, 5) is 13.1. The molecule has 0 unspecified atom stereocenters. The van der Waals surface area contributed by atoms with Crippen molar-refractivity contribution in [1.29, 1.82) is 0 Å². The van der Waals surface area contributed by atoms with Gasteiger partial charge < -0.3 is 0 Å². The third kappa shape index (κ3) is 2.60. The third-order valence-corrected chi connectivity index (χ3v) is 3.25. The molecule has 1 amide bonds. The van der Waals surface area contributed by atoms with Gasteiger partial charge in [0.1, 0.15) is 0 Å². The van der Waals surface area contributed by atoms with E-state index in [0.717, 1.165) is 0 Å². The number of anilines is 1. The zero-order valence-electron chi connectivity index (χ0n) is 9.67. The molecule has 1 aromatic rings. The van der Waals surface area contributed by atoms with E-state index in [1.807, 2.05) is 0 Å². The van der Waals surface area contributed by atoms with Gasteiger partial charge in [-0.1, -0.05) is 0 Å². The van der Waals surface area contributed by atoms with Crippen molar-refractivity contribution in [3.8, 4) is 0 Å². The maximum Gasteiger partial charge on any atom is 0.227 e. The number of H-pyrrole nitrogens is 1. The zero-order chi connectivity index (χ0) is 12.5. The molecule has 6 heteroatoms. The van der Waals surface area contributed by atoms with Gasteiger partial charge in [0.25, 0.3) is 0 Å². The molecule has 0 bridgehead atoms. The van der Waals surface area contributed by atoms with E-state index in [0.29, 0.717) is 43.1 Å². The Labute approximate surface area is 104 Å². The summed E-state index contributed by atoms with van der Waals surface area (Å²) in [5.41, 5.74) is -0.782. The van der Waals surface area contributed by atoms with Crippen LogP contribution in [0.2, 0.25) is 0 Å². The molecule has 1 saturated carbocycles. The summed E-state index contributed by atoms with van der Waals surface area (Å²) in [6.07, 6.45) is 2.06. The highest BCUT2D eigenvalue weighted by atomic mass is 35.5. The average Bonchev–Trinajstić information content (AvgIpc) is 2.89. The smallest absolute Gasteiger partial charge is 0.227 e. The predicted molar refractivity (Wildman–Crippen MR) is 64.0 cm³/mol. The molecule has 1 fully saturated rings. The van der Waals surface area contributed by atoms with Crippen LogP contribution < -0.4 is 4.90 Å². The minimum absolute atomic E-state index is 0.0626. The number of nitrogens with zero attached hydrogens (tertiary/aromatic N) is 2. The van der Waals surface area contributed by atoms with E-state index in [1.165, 1.54) is 4.90 Å². The number of aromatic amines is 1. The first-order chi connectivity index (χ1) is 8.07. The van der Waals surface area contributed by atoms with Gasteiger partial charge in [-0.2, -0.15) is 5.10 Å². The quantitative estimate of drug-likeness (QED) is 0.825. The molecule has 1 aliphatic carbocycles. The fraction of sp³-hybridized carbons (Fsp3) is 0.636. The van der Waals surface area contributed by atoms with E-state index >= 15 is 0 Å². The molecule has 1 aliphatic rings. The van der Waals surface area contributed by atoms with Crippen molar-refractivity contribution in [1.82, 2.24) is 10.2 Å².